The van der Waals surface area contributed by atoms with Gasteiger partial charge in [-0.05, 0) is 25.5 Å². The summed E-state index contributed by atoms with van der Waals surface area (Å²) in [5.74, 6) is -0.286. The van der Waals surface area contributed by atoms with E-state index in [1.54, 1.807) is 6.07 Å². The summed E-state index contributed by atoms with van der Waals surface area (Å²) >= 11 is 0. The normalized spacial score (nSPS) is 12.3. The predicted octanol–water partition coefficient (Wildman–Crippen LogP) is 4.61. The fourth-order valence-corrected chi connectivity index (χ4v) is 2.59. The molecule has 0 spiro atoms. The monoisotopic (exact) mass is 322 g/mol. The fourth-order valence-electron chi connectivity index (χ4n) is 2.59. The highest BCUT2D eigenvalue weighted by Gasteiger charge is 2.25. The molecule has 1 N–H and O–H groups in total. The second-order valence-corrected chi connectivity index (χ2v) is 6.95. The van der Waals surface area contributed by atoms with Crippen LogP contribution in [-0.4, -0.2) is 5.91 Å². The Balaban J connectivity index is 2.56. The minimum atomic E-state index is -0.401. The molecule has 0 unspecified atom stereocenters. The van der Waals surface area contributed by atoms with Gasteiger partial charge in [0.1, 0.15) is 12.3 Å². The zero-order valence-corrected chi connectivity index (χ0v) is 14.7. The number of allylic oxidation sites excluding steroid dienone is 2. The molecule has 0 atom stereocenters. The summed E-state index contributed by atoms with van der Waals surface area (Å²) in [6, 6.07) is 9.84. The quantitative estimate of drug-likeness (QED) is 0.839. The van der Waals surface area contributed by atoms with E-state index in [9.17, 15) is 10.1 Å². The van der Waals surface area contributed by atoms with Gasteiger partial charge in [0, 0.05) is 11.1 Å². The molecule has 0 radical (unpaired) electrons. The molecule has 4 nitrogen and oxygen atoms in total. The Hall–Kier alpha value is -2.80. The molecule has 0 aliphatic rings. The SMILES string of the molecule is Cc1cc(C)cc(C(C#N)=C(NC(=O)c2ccoc2)C(C)(C)C)c1. The molecule has 24 heavy (non-hydrogen) atoms. The van der Waals surface area contributed by atoms with Crippen molar-refractivity contribution in [3.05, 3.63) is 64.7 Å². The minimum absolute atomic E-state index is 0.286. The van der Waals surface area contributed by atoms with Gasteiger partial charge in [-0.1, -0.05) is 50.1 Å². The number of nitrogens with one attached hydrogen (secondary N) is 1. The highest BCUT2D eigenvalue weighted by atomic mass is 16.3. The molecular formula is C20H22N2O2. The van der Waals surface area contributed by atoms with Gasteiger partial charge >= 0.3 is 0 Å². The van der Waals surface area contributed by atoms with Crippen LogP contribution in [0.2, 0.25) is 0 Å². The average molecular weight is 322 g/mol. The van der Waals surface area contributed by atoms with Crippen LogP contribution >= 0.6 is 0 Å². The van der Waals surface area contributed by atoms with E-state index in [2.05, 4.69) is 17.5 Å². The lowest BCUT2D eigenvalue weighted by atomic mass is 9.86. The minimum Gasteiger partial charge on any atom is -0.472 e. The molecule has 4 heteroatoms. The van der Waals surface area contributed by atoms with E-state index in [1.165, 1.54) is 12.5 Å². The number of nitriles is 1. The van der Waals surface area contributed by atoms with E-state index < -0.39 is 5.41 Å². The predicted molar refractivity (Wildman–Crippen MR) is 94.1 cm³/mol. The molecule has 1 heterocycles. The van der Waals surface area contributed by atoms with Crippen LogP contribution < -0.4 is 5.32 Å². The van der Waals surface area contributed by atoms with Crippen LogP contribution in [0, 0.1) is 30.6 Å². The number of carbonyl (C=O) groups excluding carboxylic acids is 1. The summed E-state index contributed by atoms with van der Waals surface area (Å²) in [5, 5.41) is 12.7. The van der Waals surface area contributed by atoms with Gasteiger partial charge in [-0.3, -0.25) is 4.79 Å². The van der Waals surface area contributed by atoms with Crippen molar-refractivity contribution in [3.63, 3.8) is 0 Å². The van der Waals surface area contributed by atoms with Crippen LogP contribution in [0.15, 0.2) is 46.9 Å². The first-order valence-electron chi connectivity index (χ1n) is 7.79. The first kappa shape index (κ1) is 17.6. The van der Waals surface area contributed by atoms with Gasteiger partial charge in [0.05, 0.1) is 17.4 Å². The van der Waals surface area contributed by atoms with Gasteiger partial charge in [0.25, 0.3) is 5.91 Å². The summed E-state index contributed by atoms with van der Waals surface area (Å²) < 4.78 is 4.96. The first-order chi connectivity index (χ1) is 11.2. The zero-order chi connectivity index (χ0) is 17.9. The zero-order valence-electron chi connectivity index (χ0n) is 14.7. The Labute approximate surface area is 142 Å². The van der Waals surface area contributed by atoms with E-state index in [0.717, 1.165) is 16.7 Å². The van der Waals surface area contributed by atoms with Crippen molar-refractivity contribution in [2.45, 2.75) is 34.6 Å². The average Bonchev–Trinajstić information content (AvgIpc) is 2.99. The van der Waals surface area contributed by atoms with Crippen LogP contribution in [0.25, 0.3) is 5.57 Å². The molecule has 1 aromatic carbocycles. The van der Waals surface area contributed by atoms with E-state index in [0.29, 0.717) is 16.8 Å². The molecule has 2 aromatic rings. The Morgan fingerprint density at radius 3 is 2.21 bits per heavy atom. The van der Waals surface area contributed by atoms with Crippen molar-refractivity contribution in [2.75, 3.05) is 0 Å². The standard InChI is InChI=1S/C20H22N2O2/c1-13-8-14(2)10-16(9-13)17(11-21)18(20(3,4)5)22-19(23)15-6-7-24-12-15/h6-10,12H,1-5H3,(H,22,23). The van der Waals surface area contributed by atoms with Crippen molar-refractivity contribution in [1.29, 1.82) is 5.26 Å². The van der Waals surface area contributed by atoms with Gasteiger partial charge in [0.15, 0.2) is 0 Å². The van der Waals surface area contributed by atoms with Crippen LogP contribution in [0.3, 0.4) is 0 Å². The van der Waals surface area contributed by atoms with Crippen molar-refractivity contribution < 1.29 is 9.21 Å². The van der Waals surface area contributed by atoms with Crippen molar-refractivity contribution in [3.8, 4) is 6.07 Å². The van der Waals surface area contributed by atoms with E-state index >= 15 is 0 Å². The van der Waals surface area contributed by atoms with E-state index in [1.807, 2.05) is 46.8 Å². The van der Waals surface area contributed by atoms with Crippen LogP contribution in [-0.2, 0) is 0 Å². The highest BCUT2D eigenvalue weighted by Crippen LogP contribution is 2.31. The first-order valence-corrected chi connectivity index (χ1v) is 7.79. The maximum absolute atomic E-state index is 12.4. The van der Waals surface area contributed by atoms with Crippen molar-refractivity contribution in [1.82, 2.24) is 5.32 Å². The number of hydrogen-bond acceptors (Lipinski definition) is 3. The Bertz CT molecular complexity index is 796. The lowest BCUT2D eigenvalue weighted by Crippen LogP contribution is -2.31. The molecule has 1 amide bonds. The Morgan fingerprint density at radius 1 is 1.12 bits per heavy atom. The van der Waals surface area contributed by atoms with E-state index in [-0.39, 0.29) is 5.91 Å². The molecule has 1 aromatic heterocycles. The molecule has 2 rings (SSSR count). The lowest BCUT2D eigenvalue weighted by molar-refractivity contribution is 0.0957. The third-order valence-electron chi connectivity index (χ3n) is 3.64. The molecule has 0 aliphatic heterocycles. The maximum atomic E-state index is 12.4. The van der Waals surface area contributed by atoms with Crippen molar-refractivity contribution >= 4 is 11.5 Å². The summed E-state index contributed by atoms with van der Waals surface area (Å²) in [6.45, 7) is 9.90. The molecule has 0 fully saturated rings. The number of rotatable bonds is 3. The fraction of sp³-hybridized carbons (Fsp3) is 0.300. The Morgan fingerprint density at radius 2 is 1.75 bits per heavy atom. The summed E-state index contributed by atoms with van der Waals surface area (Å²) in [4.78, 5) is 12.4. The van der Waals surface area contributed by atoms with Gasteiger partial charge in [-0.15, -0.1) is 0 Å². The second kappa shape index (κ2) is 6.76. The molecule has 124 valence electrons. The largest absolute Gasteiger partial charge is 0.472 e. The summed E-state index contributed by atoms with van der Waals surface area (Å²) in [6.07, 6.45) is 2.84. The number of aryl methyl sites for hydroxylation is 2. The number of furan rings is 1. The third-order valence-corrected chi connectivity index (χ3v) is 3.64. The Kier molecular flexibility index (Phi) is 4.94. The van der Waals surface area contributed by atoms with Crippen LogP contribution in [0.4, 0.5) is 0 Å². The van der Waals surface area contributed by atoms with Crippen LogP contribution in [0.5, 0.6) is 0 Å². The number of nitrogens with zero attached hydrogens (tertiary/aromatic N) is 1. The lowest BCUT2D eigenvalue weighted by Gasteiger charge is -2.25. The van der Waals surface area contributed by atoms with Gasteiger partial charge < -0.3 is 9.73 Å². The van der Waals surface area contributed by atoms with Gasteiger partial charge in [-0.25, -0.2) is 0 Å². The molecule has 0 saturated carbocycles. The topological polar surface area (TPSA) is 66.0 Å². The number of hydrogen-bond donors (Lipinski definition) is 1. The molecule has 0 bridgehead atoms. The number of benzene rings is 1. The third kappa shape index (κ3) is 3.94. The smallest absolute Gasteiger partial charge is 0.258 e. The number of carbonyl (C=O) groups is 1. The summed E-state index contributed by atoms with van der Waals surface area (Å²) in [5.41, 5.74) is 4.07. The van der Waals surface area contributed by atoms with Gasteiger partial charge in [-0.2, -0.15) is 5.26 Å². The highest BCUT2D eigenvalue weighted by molar-refractivity contribution is 5.97. The second-order valence-electron chi connectivity index (χ2n) is 6.95. The summed E-state index contributed by atoms with van der Waals surface area (Å²) in [7, 11) is 0. The van der Waals surface area contributed by atoms with Gasteiger partial charge in [0.2, 0.25) is 0 Å². The van der Waals surface area contributed by atoms with Crippen LogP contribution in [0.1, 0.15) is 47.8 Å². The maximum Gasteiger partial charge on any atom is 0.258 e. The van der Waals surface area contributed by atoms with E-state index in [4.69, 9.17) is 4.42 Å². The number of amides is 1. The molecule has 0 aliphatic carbocycles. The van der Waals surface area contributed by atoms with Crippen molar-refractivity contribution in [2.24, 2.45) is 5.41 Å². The molecular weight excluding hydrogens is 300 g/mol. The molecule has 0 saturated heterocycles.